The molecule has 1 rings (SSSR count). The van der Waals surface area contributed by atoms with Crippen LogP contribution in [0.5, 0.6) is 0 Å². The molecule has 0 saturated carbocycles. The summed E-state index contributed by atoms with van der Waals surface area (Å²) < 4.78 is 24.4. The molecule has 0 aromatic carbocycles. The maximum atomic E-state index is 12.2. The summed E-state index contributed by atoms with van der Waals surface area (Å²) in [6.07, 6.45) is 5.16. The molecule has 3 heteroatoms. The minimum Gasteiger partial charge on any atom is -0.265 e. The largest absolute Gasteiger partial charge is 0.287 e. The van der Waals surface area contributed by atoms with Crippen LogP contribution in [0.2, 0.25) is 0 Å². The number of aliphatic imine (C=N–C) groups is 1. The topological polar surface area (TPSA) is 12.4 Å². The summed E-state index contributed by atoms with van der Waals surface area (Å²) in [6.45, 7) is 0. The quantitative estimate of drug-likeness (QED) is 0.472. The van der Waals surface area contributed by atoms with Crippen LogP contribution in [-0.4, -0.2) is 12.1 Å². The maximum absolute atomic E-state index is 12.2. The van der Waals surface area contributed by atoms with Gasteiger partial charge < -0.3 is 0 Å². The molecule has 9 heavy (non-hydrogen) atoms. The average Bonchev–Trinajstić information content (AvgIpc) is 1.92. The van der Waals surface area contributed by atoms with Crippen LogP contribution < -0.4 is 0 Å². The number of halogens is 2. The highest BCUT2D eigenvalue weighted by molar-refractivity contribution is 5.72. The van der Waals surface area contributed by atoms with E-state index in [0.717, 1.165) is 18.4 Å². The van der Waals surface area contributed by atoms with E-state index in [9.17, 15) is 8.78 Å². The maximum Gasteiger partial charge on any atom is 0.287 e. The second kappa shape index (κ2) is 2.09. The van der Waals surface area contributed by atoms with Crippen LogP contribution in [0.4, 0.5) is 8.78 Å². The molecule has 0 unspecified atom stereocenters. The Morgan fingerprint density at radius 3 is 2.78 bits per heavy atom. The van der Waals surface area contributed by atoms with E-state index in [4.69, 9.17) is 0 Å². The highest BCUT2D eigenvalue weighted by Gasteiger charge is 2.19. The van der Waals surface area contributed by atoms with Crippen molar-refractivity contribution in [1.82, 2.24) is 0 Å². The van der Waals surface area contributed by atoms with E-state index in [2.05, 4.69) is 4.99 Å². The summed E-state index contributed by atoms with van der Waals surface area (Å²) in [4.78, 5) is 3.49. The first kappa shape index (κ1) is 6.13. The van der Waals surface area contributed by atoms with Crippen molar-refractivity contribution in [2.24, 2.45) is 4.99 Å². The average molecular weight is 129 g/mol. The van der Waals surface area contributed by atoms with Gasteiger partial charge in [-0.25, -0.2) is 0 Å². The minimum atomic E-state index is -2.82. The molecule has 0 radical (unpaired) electrons. The first-order chi connectivity index (χ1) is 4.21. The number of alkyl halides is 2. The van der Waals surface area contributed by atoms with Gasteiger partial charge in [0.15, 0.2) is 0 Å². The lowest BCUT2D eigenvalue weighted by molar-refractivity contribution is 0.111. The molecule has 1 aliphatic rings. The van der Waals surface area contributed by atoms with E-state index in [0.29, 0.717) is 0 Å². The summed E-state index contributed by atoms with van der Waals surface area (Å²) in [6, 6.07) is 0. The molecule has 48 valence electrons. The molecule has 0 spiro atoms. The van der Waals surface area contributed by atoms with Gasteiger partial charge in [-0.2, -0.15) is 8.78 Å². The first-order valence-electron chi connectivity index (χ1n) is 2.47. The van der Waals surface area contributed by atoms with Gasteiger partial charge in [-0.05, 0) is 12.2 Å². The molecule has 0 N–H and O–H groups in total. The zero-order chi connectivity index (χ0) is 6.74. The van der Waals surface area contributed by atoms with Crippen molar-refractivity contribution >= 4 is 6.21 Å². The molecule has 0 aromatic rings. The zero-order valence-corrected chi connectivity index (χ0v) is 4.59. The summed E-state index contributed by atoms with van der Waals surface area (Å²) in [7, 11) is 0. The molecule has 0 aromatic heterocycles. The highest BCUT2D eigenvalue weighted by Crippen LogP contribution is 2.17. The van der Waals surface area contributed by atoms with Gasteiger partial charge in [0, 0.05) is 18.5 Å². The third-order valence-corrected chi connectivity index (χ3v) is 0.873. The predicted molar refractivity (Wildman–Crippen MR) is 31.7 cm³/mol. The second-order valence-corrected chi connectivity index (χ2v) is 1.65. The Morgan fingerprint density at radius 2 is 2.00 bits per heavy atom. The van der Waals surface area contributed by atoms with Crippen molar-refractivity contribution in [2.45, 2.75) is 5.92 Å². The van der Waals surface area contributed by atoms with Gasteiger partial charge in [0.1, 0.15) is 0 Å². The minimum absolute atomic E-state index is 0.743. The fourth-order valence-electron chi connectivity index (χ4n) is 0.469. The SMILES string of the molecule is FC1(F)C=CC=NC=C1. The molecule has 1 heterocycles. The lowest BCUT2D eigenvalue weighted by Gasteiger charge is -2.00. The molecule has 0 amide bonds. The van der Waals surface area contributed by atoms with Crippen LogP contribution in [-0.2, 0) is 0 Å². The van der Waals surface area contributed by atoms with Gasteiger partial charge >= 0.3 is 0 Å². The number of hydrogen-bond acceptors (Lipinski definition) is 1. The molecule has 0 fully saturated rings. The fourth-order valence-corrected chi connectivity index (χ4v) is 0.469. The third kappa shape index (κ3) is 1.76. The van der Waals surface area contributed by atoms with Gasteiger partial charge in [0.05, 0.1) is 0 Å². The number of rotatable bonds is 0. The van der Waals surface area contributed by atoms with Crippen LogP contribution in [0.1, 0.15) is 0 Å². The van der Waals surface area contributed by atoms with Gasteiger partial charge in [-0.1, -0.05) is 0 Å². The van der Waals surface area contributed by atoms with E-state index in [1.807, 2.05) is 0 Å². The second-order valence-electron chi connectivity index (χ2n) is 1.65. The Balaban J connectivity index is 2.82. The fraction of sp³-hybridized carbons (Fsp3) is 0.167. The summed E-state index contributed by atoms with van der Waals surface area (Å²) in [5.74, 6) is -2.82. The van der Waals surface area contributed by atoms with Crippen LogP contribution in [0.15, 0.2) is 29.4 Å². The Kier molecular flexibility index (Phi) is 1.42. The van der Waals surface area contributed by atoms with Crippen LogP contribution in [0.3, 0.4) is 0 Å². The number of allylic oxidation sites excluding steroid dienone is 3. The molecule has 0 aliphatic carbocycles. The summed E-state index contributed by atoms with van der Waals surface area (Å²) >= 11 is 0. The van der Waals surface area contributed by atoms with Crippen molar-refractivity contribution in [3.63, 3.8) is 0 Å². The van der Waals surface area contributed by atoms with E-state index in [1.54, 1.807) is 0 Å². The van der Waals surface area contributed by atoms with Crippen molar-refractivity contribution < 1.29 is 8.78 Å². The van der Waals surface area contributed by atoms with Gasteiger partial charge in [-0.15, -0.1) is 0 Å². The Labute approximate surface area is 51.4 Å². The lowest BCUT2D eigenvalue weighted by Crippen LogP contribution is -2.05. The zero-order valence-electron chi connectivity index (χ0n) is 4.59. The number of nitrogens with zero attached hydrogens (tertiary/aromatic N) is 1. The predicted octanol–water partition coefficient (Wildman–Crippen LogP) is 1.78. The van der Waals surface area contributed by atoms with E-state index < -0.39 is 5.92 Å². The van der Waals surface area contributed by atoms with Gasteiger partial charge in [0.25, 0.3) is 5.92 Å². The van der Waals surface area contributed by atoms with E-state index in [-0.39, 0.29) is 0 Å². The molecular weight excluding hydrogens is 124 g/mol. The normalized spacial score (nSPS) is 22.0. The van der Waals surface area contributed by atoms with Crippen molar-refractivity contribution in [3.05, 3.63) is 24.4 Å². The Hall–Kier alpha value is -0.990. The lowest BCUT2D eigenvalue weighted by atomic mass is 10.3. The third-order valence-electron chi connectivity index (χ3n) is 0.873. The van der Waals surface area contributed by atoms with Gasteiger partial charge in [-0.3, -0.25) is 4.99 Å². The number of hydrogen-bond donors (Lipinski definition) is 0. The molecule has 1 aliphatic heterocycles. The molecule has 1 nitrogen and oxygen atoms in total. The smallest absolute Gasteiger partial charge is 0.265 e. The Morgan fingerprint density at radius 1 is 1.22 bits per heavy atom. The summed E-state index contributed by atoms with van der Waals surface area (Å²) in [5.41, 5.74) is 0. The highest BCUT2D eigenvalue weighted by atomic mass is 19.3. The van der Waals surface area contributed by atoms with Crippen LogP contribution >= 0.6 is 0 Å². The van der Waals surface area contributed by atoms with E-state index >= 15 is 0 Å². The monoisotopic (exact) mass is 129 g/mol. The molecular formula is C6H5F2N. The van der Waals surface area contributed by atoms with Crippen LogP contribution in [0, 0.1) is 0 Å². The van der Waals surface area contributed by atoms with Crippen molar-refractivity contribution in [1.29, 1.82) is 0 Å². The molecule has 0 atom stereocenters. The van der Waals surface area contributed by atoms with Crippen molar-refractivity contribution in [2.75, 3.05) is 0 Å². The Bertz CT molecular complexity index is 161. The molecule has 0 bridgehead atoms. The van der Waals surface area contributed by atoms with Crippen LogP contribution in [0.25, 0.3) is 0 Å². The molecule has 0 saturated heterocycles. The summed E-state index contributed by atoms with van der Waals surface area (Å²) in [5, 5.41) is 0. The van der Waals surface area contributed by atoms with E-state index in [1.165, 1.54) is 12.3 Å². The van der Waals surface area contributed by atoms with Crippen molar-refractivity contribution in [3.8, 4) is 0 Å². The first-order valence-corrected chi connectivity index (χ1v) is 2.47. The standard InChI is InChI=1S/C6H5F2N/c7-6(8)2-1-4-9-5-3-6/h1-5H. The van der Waals surface area contributed by atoms with Gasteiger partial charge in [0.2, 0.25) is 0 Å².